The Morgan fingerprint density at radius 2 is 1.45 bits per heavy atom. The molecule has 1 aliphatic carbocycles. The normalized spacial score (nSPS) is 15.1. The van der Waals surface area contributed by atoms with Crippen LogP contribution in [0.15, 0.2) is 42.5 Å². The van der Waals surface area contributed by atoms with Crippen molar-refractivity contribution >= 4 is 29.1 Å². The van der Waals surface area contributed by atoms with Gasteiger partial charge in [0.25, 0.3) is 5.91 Å². The summed E-state index contributed by atoms with van der Waals surface area (Å²) in [4.78, 5) is 39.8. The molecule has 1 fully saturated rings. The van der Waals surface area contributed by atoms with E-state index in [-0.39, 0.29) is 17.7 Å². The zero-order chi connectivity index (χ0) is 22.6. The first kappa shape index (κ1) is 22.5. The highest BCUT2D eigenvalue weighted by Gasteiger charge is 2.45. The summed E-state index contributed by atoms with van der Waals surface area (Å²) in [5.74, 6) is -0.497. The quantitative estimate of drug-likeness (QED) is 0.736. The number of likely N-dealkylation sites (N-methyl/N-ethyl adjacent to an activating group) is 1. The molecule has 2 aromatic rings. The van der Waals surface area contributed by atoms with Crippen LogP contribution >= 0.6 is 0 Å². The molecule has 0 aromatic heterocycles. The third kappa shape index (κ3) is 4.79. The first-order valence-electron chi connectivity index (χ1n) is 10.8. The Kier molecular flexibility index (Phi) is 6.78. The van der Waals surface area contributed by atoms with Crippen LogP contribution in [-0.2, 0) is 9.59 Å². The van der Waals surface area contributed by atoms with Gasteiger partial charge < -0.3 is 15.5 Å². The molecule has 164 valence electrons. The van der Waals surface area contributed by atoms with E-state index in [1.165, 1.54) is 6.92 Å². The van der Waals surface area contributed by atoms with E-state index in [9.17, 15) is 14.4 Å². The number of rotatable bonds is 5. The fourth-order valence-electron chi connectivity index (χ4n) is 4.38. The second-order valence-electron chi connectivity index (χ2n) is 8.44. The summed E-state index contributed by atoms with van der Waals surface area (Å²) in [6.45, 7) is 5.39. The van der Waals surface area contributed by atoms with Crippen molar-refractivity contribution in [3.8, 4) is 0 Å². The molecule has 0 radical (unpaired) electrons. The molecule has 0 unspecified atom stereocenters. The van der Waals surface area contributed by atoms with Gasteiger partial charge in [-0.2, -0.15) is 0 Å². The molecule has 0 bridgehead atoms. The van der Waals surface area contributed by atoms with Crippen LogP contribution in [0.2, 0.25) is 0 Å². The predicted octanol–water partition coefficient (Wildman–Crippen LogP) is 4.68. The summed E-state index contributed by atoms with van der Waals surface area (Å²) in [6, 6.07) is 12.7. The number of aryl methyl sites for hydroxylation is 2. The van der Waals surface area contributed by atoms with Crippen molar-refractivity contribution in [2.45, 2.75) is 58.4 Å². The van der Waals surface area contributed by atoms with Gasteiger partial charge in [-0.15, -0.1) is 0 Å². The van der Waals surface area contributed by atoms with Gasteiger partial charge >= 0.3 is 0 Å². The van der Waals surface area contributed by atoms with Crippen molar-refractivity contribution in [1.29, 1.82) is 0 Å². The second kappa shape index (κ2) is 9.33. The van der Waals surface area contributed by atoms with Crippen LogP contribution in [-0.4, -0.2) is 35.2 Å². The molecule has 0 heterocycles. The third-order valence-electron chi connectivity index (χ3n) is 6.22. The molecular weight excluding hydrogens is 390 g/mol. The number of amides is 3. The minimum Gasteiger partial charge on any atom is -0.327 e. The van der Waals surface area contributed by atoms with E-state index in [1.807, 2.05) is 32.0 Å². The highest BCUT2D eigenvalue weighted by atomic mass is 16.2. The first-order chi connectivity index (χ1) is 14.7. The smallest absolute Gasteiger partial charge is 0.254 e. The summed E-state index contributed by atoms with van der Waals surface area (Å²) < 4.78 is 0. The number of nitrogens with one attached hydrogen (secondary N) is 2. The van der Waals surface area contributed by atoms with E-state index in [0.717, 1.165) is 36.1 Å². The molecule has 2 aromatic carbocycles. The average molecular weight is 422 g/mol. The van der Waals surface area contributed by atoms with E-state index in [4.69, 9.17) is 0 Å². The topological polar surface area (TPSA) is 78.5 Å². The summed E-state index contributed by atoms with van der Waals surface area (Å²) >= 11 is 0. The number of benzene rings is 2. The van der Waals surface area contributed by atoms with Crippen molar-refractivity contribution in [3.63, 3.8) is 0 Å². The fraction of sp³-hybridized carbons (Fsp3) is 0.400. The number of nitrogens with zero attached hydrogens (tertiary/aromatic N) is 1. The van der Waals surface area contributed by atoms with Gasteiger partial charge in [0, 0.05) is 30.9 Å². The Morgan fingerprint density at radius 1 is 0.871 bits per heavy atom. The minimum absolute atomic E-state index is 0.129. The van der Waals surface area contributed by atoms with Gasteiger partial charge in [-0.3, -0.25) is 14.4 Å². The zero-order valence-electron chi connectivity index (χ0n) is 18.7. The third-order valence-corrected chi connectivity index (χ3v) is 6.22. The summed E-state index contributed by atoms with van der Waals surface area (Å²) in [7, 11) is 1.72. The highest BCUT2D eigenvalue weighted by Crippen LogP contribution is 2.36. The van der Waals surface area contributed by atoms with Gasteiger partial charge in [0.05, 0.1) is 0 Å². The molecular formula is C25H31N3O3. The van der Waals surface area contributed by atoms with Crippen molar-refractivity contribution in [3.05, 3.63) is 59.2 Å². The first-order valence-corrected chi connectivity index (χ1v) is 10.8. The number of hydrogen-bond donors (Lipinski definition) is 2. The lowest BCUT2D eigenvalue weighted by molar-refractivity contribution is -0.128. The van der Waals surface area contributed by atoms with E-state index < -0.39 is 5.54 Å². The minimum atomic E-state index is -0.889. The van der Waals surface area contributed by atoms with E-state index >= 15 is 0 Å². The predicted molar refractivity (Wildman–Crippen MR) is 123 cm³/mol. The van der Waals surface area contributed by atoms with Gasteiger partial charge in [0.1, 0.15) is 5.54 Å². The largest absolute Gasteiger partial charge is 0.327 e. The van der Waals surface area contributed by atoms with E-state index in [0.29, 0.717) is 24.1 Å². The molecule has 2 N–H and O–H groups in total. The number of anilines is 2. The Bertz CT molecular complexity index is 956. The lowest BCUT2D eigenvalue weighted by atomic mass is 9.79. The highest BCUT2D eigenvalue weighted by molar-refractivity contribution is 6.04. The van der Waals surface area contributed by atoms with Crippen LogP contribution in [0.4, 0.5) is 11.4 Å². The molecule has 1 aliphatic rings. The number of hydrogen-bond acceptors (Lipinski definition) is 3. The summed E-state index contributed by atoms with van der Waals surface area (Å²) in [5.41, 5.74) is 3.05. The van der Waals surface area contributed by atoms with Crippen molar-refractivity contribution in [1.82, 2.24) is 4.90 Å². The number of para-hydroxylation sites is 1. The van der Waals surface area contributed by atoms with Crippen LogP contribution in [0.3, 0.4) is 0 Å². The number of carbonyl (C=O) groups is 3. The standard InChI is InChI=1S/C25H31N3O3/c1-17-9-8-10-18(2)22(17)27-24(31)25(15-6-5-7-16-25)28(4)23(30)20-11-13-21(14-12-20)26-19(3)29/h8-14H,5-7,15-16H2,1-4H3,(H,26,29)(H,27,31). The Morgan fingerprint density at radius 3 is 2.00 bits per heavy atom. The molecule has 3 amide bonds. The molecule has 0 saturated heterocycles. The van der Waals surface area contributed by atoms with Crippen molar-refractivity contribution < 1.29 is 14.4 Å². The molecule has 31 heavy (non-hydrogen) atoms. The van der Waals surface area contributed by atoms with Gasteiger partial charge in [0.15, 0.2) is 0 Å². The molecule has 0 atom stereocenters. The molecule has 0 spiro atoms. The van der Waals surface area contributed by atoms with Crippen molar-refractivity contribution in [2.75, 3.05) is 17.7 Å². The maximum absolute atomic E-state index is 13.6. The van der Waals surface area contributed by atoms with Gasteiger partial charge in [0.2, 0.25) is 11.8 Å². The second-order valence-corrected chi connectivity index (χ2v) is 8.44. The van der Waals surface area contributed by atoms with Crippen LogP contribution < -0.4 is 10.6 Å². The van der Waals surface area contributed by atoms with Crippen LogP contribution in [0.5, 0.6) is 0 Å². The fourth-order valence-corrected chi connectivity index (χ4v) is 4.38. The maximum atomic E-state index is 13.6. The average Bonchev–Trinajstić information content (AvgIpc) is 2.76. The Labute approximate surface area is 184 Å². The lowest BCUT2D eigenvalue weighted by Gasteiger charge is -2.43. The summed E-state index contributed by atoms with van der Waals surface area (Å²) in [5, 5.41) is 5.83. The number of carbonyl (C=O) groups excluding carboxylic acids is 3. The molecule has 0 aliphatic heterocycles. The van der Waals surface area contributed by atoms with Gasteiger partial charge in [-0.1, -0.05) is 37.5 Å². The monoisotopic (exact) mass is 421 g/mol. The van der Waals surface area contributed by atoms with Crippen LogP contribution in [0.1, 0.15) is 60.5 Å². The summed E-state index contributed by atoms with van der Waals surface area (Å²) in [6.07, 6.45) is 4.14. The Balaban J connectivity index is 1.87. The van der Waals surface area contributed by atoms with Gasteiger partial charge in [-0.05, 0) is 62.1 Å². The maximum Gasteiger partial charge on any atom is 0.254 e. The van der Waals surface area contributed by atoms with E-state index in [2.05, 4.69) is 10.6 Å². The van der Waals surface area contributed by atoms with Crippen LogP contribution in [0, 0.1) is 13.8 Å². The molecule has 6 heteroatoms. The van der Waals surface area contributed by atoms with E-state index in [1.54, 1.807) is 36.2 Å². The molecule has 6 nitrogen and oxygen atoms in total. The van der Waals surface area contributed by atoms with Crippen molar-refractivity contribution in [2.24, 2.45) is 0 Å². The van der Waals surface area contributed by atoms with Crippen LogP contribution in [0.25, 0.3) is 0 Å². The van der Waals surface area contributed by atoms with Gasteiger partial charge in [-0.25, -0.2) is 0 Å². The molecule has 3 rings (SSSR count). The lowest BCUT2D eigenvalue weighted by Crippen LogP contribution is -2.58. The molecule has 1 saturated carbocycles. The Hall–Kier alpha value is -3.15. The SMILES string of the molecule is CC(=O)Nc1ccc(C(=O)N(C)C2(C(=O)Nc3c(C)cccc3C)CCCCC2)cc1. The zero-order valence-corrected chi connectivity index (χ0v) is 18.7.